The summed E-state index contributed by atoms with van der Waals surface area (Å²) in [5, 5.41) is 0. The van der Waals surface area contributed by atoms with Gasteiger partial charge in [0.05, 0.1) is 5.56 Å². The van der Waals surface area contributed by atoms with Gasteiger partial charge in [-0.1, -0.05) is 24.3 Å². The van der Waals surface area contributed by atoms with Crippen LogP contribution in [0.25, 0.3) is 0 Å². The van der Waals surface area contributed by atoms with Gasteiger partial charge in [-0.3, -0.25) is 9.69 Å². The van der Waals surface area contributed by atoms with Gasteiger partial charge in [-0.05, 0) is 36.8 Å². The number of halogens is 3. The molecule has 1 fully saturated rings. The number of hydrogen-bond acceptors (Lipinski definition) is 3. The highest BCUT2D eigenvalue weighted by Crippen LogP contribution is 2.25. The van der Waals surface area contributed by atoms with Crippen LogP contribution in [0.5, 0.6) is 5.75 Å². The molecule has 1 aliphatic heterocycles. The number of hydrogen-bond donors (Lipinski definition) is 0. The van der Waals surface area contributed by atoms with Gasteiger partial charge in [0.1, 0.15) is 11.6 Å². The molecule has 0 bridgehead atoms. The Bertz CT molecular complexity index is 775. The lowest BCUT2D eigenvalue weighted by atomic mass is 10.1. The Morgan fingerprint density at radius 2 is 1.63 bits per heavy atom. The third kappa shape index (κ3) is 4.60. The summed E-state index contributed by atoms with van der Waals surface area (Å²) in [4.78, 5) is 16.6. The van der Waals surface area contributed by atoms with Gasteiger partial charge >= 0.3 is 6.61 Å². The first-order chi connectivity index (χ1) is 13.0. The first-order valence-electron chi connectivity index (χ1n) is 8.78. The fourth-order valence-corrected chi connectivity index (χ4v) is 3.28. The highest BCUT2D eigenvalue weighted by Gasteiger charge is 2.27. The second kappa shape index (κ2) is 8.43. The van der Waals surface area contributed by atoms with Crippen molar-refractivity contribution in [1.29, 1.82) is 0 Å². The van der Waals surface area contributed by atoms with Crippen LogP contribution in [0.15, 0.2) is 48.5 Å². The minimum atomic E-state index is -2.98. The molecular formula is C20H21F3N2O2. The van der Waals surface area contributed by atoms with E-state index in [1.54, 1.807) is 29.2 Å². The quantitative estimate of drug-likeness (QED) is 0.790. The summed E-state index contributed by atoms with van der Waals surface area (Å²) < 4.78 is 42.7. The van der Waals surface area contributed by atoms with Crippen molar-refractivity contribution in [2.24, 2.45) is 0 Å². The van der Waals surface area contributed by atoms with Crippen LogP contribution in [0.4, 0.5) is 13.2 Å². The minimum absolute atomic E-state index is 0.0947. The Labute approximate surface area is 156 Å². The number of para-hydroxylation sites is 1. The van der Waals surface area contributed by atoms with E-state index in [4.69, 9.17) is 0 Å². The molecule has 0 aromatic heterocycles. The van der Waals surface area contributed by atoms with Crippen molar-refractivity contribution in [3.63, 3.8) is 0 Å². The molecule has 2 aromatic rings. The van der Waals surface area contributed by atoms with Gasteiger partial charge in [0.2, 0.25) is 0 Å². The molecule has 2 aromatic carbocycles. The lowest BCUT2D eigenvalue weighted by molar-refractivity contribution is -0.0503. The largest absolute Gasteiger partial charge is 0.434 e. The van der Waals surface area contributed by atoms with Crippen LogP contribution in [0, 0.1) is 5.82 Å². The number of amides is 1. The van der Waals surface area contributed by atoms with E-state index >= 15 is 0 Å². The van der Waals surface area contributed by atoms with E-state index in [9.17, 15) is 18.0 Å². The van der Waals surface area contributed by atoms with E-state index in [0.29, 0.717) is 26.2 Å². The minimum Gasteiger partial charge on any atom is -0.434 e. The molecule has 0 saturated carbocycles. The molecule has 1 aliphatic rings. The van der Waals surface area contributed by atoms with Gasteiger partial charge in [-0.25, -0.2) is 4.39 Å². The molecule has 4 nitrogen and oxygen atoms in total. The monoisotopic (exact) mass is 378 g/mol. The SMILES string of the molecule is CC(c1ccc(F)cc1)N1CCN(C(=O)c2ccccc2OC(F)F)CC1. The summed E-state index contributed by atoms with van der Waals surface area (Å²) in [5.41, 5.74) is 1.14. The highest BCUT2D eigenvalue weighted by molar-refractivity contribution is 5.97. The average molecular weight is 378 g/mol. The zero-order valence-electron chi connectivity index (χ0n) is 14.9. The fourth-order valence-electron chi connectivity index (χ4n) is 3.28. The number of alkyl halides is 2. The molecule has 0 radical (unpaired) electrons. The molecule has 144 valence electrons. The third-order valence-corrected chi connectivity index (χ3v) is 4.84. The molecule has 27 heavy (non-hydrogen) atoms. The van der Waals surface area contributed by atoms with E-state index in [1.807, 2.05) is 6.92 Å². The molecule has 1 unspecified atom stereocenters. The highest BCUT2D eigenvalue weighted by atomic mass is 19.3. The van der Waals surface area contributed by atoms with Crippen LogP contribution in [-0.4, -0.2) is 48.5 Å². The van der Waals surface area contributed by atoms with Crippen LogP contribution in [0.1, 0.15) is 28.9 Å². The van der Waals surface area contributed by atoms with Crippen LogP contribution >= 0.6 is 0 Å². The number of carbonyl (C=O) groups is 1. The maximum atomic E-state index is 13.1. The van der Waals surface area contributed by atoms with Crippen molar-refractivity contribution in [2.45, 2.75) is 19.6 Å². The van der Waals surface area contributed by atoms with Crippen molar-refractivity contribution < 1.29 is 22.7 Å². The number of nitrogens with zero attached hydrogens (tertiary/aromatic N) is 2. The predicted octanol–water partition coefficient (Wildman–Crippen LogP) is 3.95. The Hall–Kier alpha value is -2.54. The lowest BCUT2D eigenvalue weighted by Crippen LogP contribution is -2.49. The van der Waals surface area contributed by atoms with Crippen molar-refractivity contribution in [3.8, 4) is 5.75 Å². The molecule has 0 N–H and O–H groups in total. The molecule has 3 rings (SSSR count). The first kappa shape index (κ1) is 19.2. The maximum absolute atomic E-state index is 13.1. The van der Waals surface area contributed by atoms with E-state index < -0.39 is 6.61 Å². The van der Waals surface area contributed by atoms with Crippen molar-refractivity contribution in [2.75, 3.05) is 26.2 Å². The summed E-state index contributed by atoms with van der Waals surface area (Å²) in [7, 11) is 0. The maximum Gasteiger partial charge on any atom is 0.387 e. The van der Waals surface area contributed by atoms with Crippen LogP contribution in [-0.2, 0) is 0 Å². The summed E-state index contributed by atoms with van der Waals surface area (Å²) in [6.07, 6.45) is 0. The Morgan fingerprint density at radius 3 is 2.26 bits per heavy atom. The zero-order chi connectivity index (χ0) is 19.4. The van der Waals surface area contributed by atoms with Crippen LogP contribution < -0.4 is 4.74 Å². The zero-order valence-corrected chi connectivity index (χ0v) is 14.9. The molecule has 1 saturated heterocycles. The van der Waals surface area contributed by atoms with Gasteiger partial charge in [0.15, 0.2) is 0 Å². The van der Waals surface area contributed by atoms with Gasteiger partial charge in [-0.2, -0.15) is 8.78 Å². The fraction of sp³-hybridized carbons (Fsp3) is 0.350. The first-order valence-corrected chi connectivity index (χ1v) is 8.78. The topological polar surface area (TPSA) is 32.8 Å². The molecule has 1 amide bonds. The van der Waals surface area contributed by atoms with Gasteiger partial charge < -0.3 is 9.64 Å². The molecular weight excluding hydrogens is 357 g/mol. The van der Waals surface area contributed by atoms with Gasteiger partial charge in [0, 0.05) is 32.2 Å². The molecule has 1 heterocycles. The van der Waals surface area contributed by atoms with Crippen molar-refractivity contribution >= 4 is 5.91 Å². The summed E-state index contributed by atoms with van der Waals surface area (Å²) >= 11 is 0. The van der Waals surface area contributed by atoms with Gasteiger partial charge in [0.25, 0.3) is 5.91 Å². The normalized spacial score (nSPS) is 16.4. The summed E-state index contributed by atoms with van der Waals surface area (Å²) in [5.74, 6) is -0.703. The van der Waals surface area contributed by atoms with Gasteiger partial charge in [-0.15, -0.1) is 0 Å². The Kier molecular flexibility index (Phi) is 6.01. The molecule has 7 heteroatoms. The van der Waals surface area contributed by atoms with Crippen molar-refractivity contribution in [1.82, 2.24) is 9.80 Å². The number of carbonyl (C=O) groups excluding carboxylic acids is 1. The second-order valence-electron chi connectivity index (χ2n) is 6.43. The lowest BCUT2D eigenvalue weighted by Gasteiger charge is -2.38. The second-order valence-corrected chi connectivity index (χ2v) is 6.43. The molecule has 0 spiro atoms. The van der Waals surface area contributed by atoms with E-state index in [1.165, 1.54) is 24.3 Å². The summed E-state index contributed by atoms with van der Waals surface area (Å²) in [6.45, 7) is 1.30. The summed E-state index contributed by atoms with van der Waals surface area (Å²) in [6, 6.07) is 12.5. The third-order valence-electron chi connectivity index (χ3n) is 4.84. The Morgan fingerprint density at radius 1 is 1.00 bits per heavy atom. The predicted molar refractivity (Wildman–Crippen MR) is 95.4 cm³/mol. The van der Waals surface area contributed by atoms with E-state index in [0.717, 1.165) is 5.56 Å². The average Bonchev–Trinajstić information content (AvgIpc) is 2.68. The standard InChI is InChI=1S/C20H21F3N2O2/c1-14(15-6-8-16(21)9-7-15)24-10-12-25(13-11-24)19(26)17-4-2-3-5-18(17)27-20(22)23/h2-9,14,20H,10-13H2,1H3. The van der Waals surface area contributed by atoms with Crippen LogP contribution in [0.2, 0.25) is 0 Å². The number of piperazine rings is 1. The smallest absolute Gasteiger partial charge is 0.387 e. The molecule has 1 atom stereocenters. The number of ether oxygens (including phenoxy) is 1. The van der Waals surface area contributed by atoms with E-state index in [2.05, 4.69) is 9.64 Å². The van der Waals surface area contributed by atoms with Crippen molar-refractivity contribution in [3.05, 3.63) is 65.5 Å². The number of rotatable bonds is 5. The Balaban J connectivity index is 1.64. The number of benzene rings is 2. The van der Waals surface area contributed by atoms with Crippen LogP contribution in [0.3, 0.4) is 0 Å². The molecule has 0 aliphatic carbocycles. The van der Waals surface area contributed by atoms with E-state index in [-0.39, 0.29) is 29.1 Å².